The van der Waals surface area contributed by atoms with E-state index in [4.69, 9.17) is 15.3 Å². The van der Waals surface area contributed by atoms with Crippen LogP contribution in [0.3, 0.4) is 0 Å². The summed E-state index contributed by atoms with van der Waals surface area (Å²) in [5.41, 5.74) is 0. The average Bonchev–Trinajstić information content (AvgIpc) is 2.30. The van der Waals surface area contributed by atoms with Gasteiger partial charge in [0.25, 0.3) is 0 Å². The van der Waals surface area contributed by atoms with Crippen LogP contribution in [0.5, 0.6) is 0 Å². The van der Waals surface area contributed by atoms with E-state index >= 15 is 0 Å². The van der Waals surface area contributed by atoms with Gasteiger partial charge in [0.15, 0.2) is 0 Å². The minimum atomic E-state index is -1.44. The van der Waals surface area contributed by atoms with E-state index in [1.165, 1.54) is 4.73 Å². The topological polar surface area (TPSA) is 181 Å². The van der Waals surface area contributed by atoms with Gasteiger partial charge in [0, 0.05) is 0 Å². The maximum atomic E-state index is 9.34. The Bertz CT molecular complexity index is 234. The molecule has 122 valence electrons. The van der Waals surface area contributed by atoms with Crippen LogP contribution in [0.4, 0.5) is 0 Å². The molecule has 10 heteroatoms. The summed E-state index contributed by atoms with van der Waals surface area (Å²) in [5.74, 6) is -4.31. The predicted octanol–water partition coefficient (Wildman–Crippen LogP) is -4.68. The summed E-state index contributed by atoms with van der Waals surface area (Å²) in [6, 6.07) is 0. The Labute approximate surface area is 134 Å². The zero-order chi connectivity index (χ0) is 18.2. The normalized spacial score (nSPS) is 12.6. The van der Waals surface area contributed by atoms with Gasteiger partial charge in [-0.2, -0.15) is 0 Å². The molecule has 0 bridgehead atoms. The number of hydrogen-bond donors (Lipinski definition) is 3. The molecule has 0 aromatic rings. The van der Waals surface area contributed by atoms with Crippen LogP contribution in [0.25, 0.3) is 0 Å². The molecule has 21 heavy (non-hydrogen) atoms. The number of carbonyl (C=O) groups is 3. The van der Waals surface area contributed by atoms with Crippen molar-refractivity contribution in [2.75, 3.05) is 0 Å². The molecule has 0 aliphatic carbocycles. The van der Waals surface area contributed by atoms with Gasteiger partial charge in [-0.25, -0.2) is 0 Å². The molecule has 0 aliphatic heterocycles. The van der Waals surface area contributed by atoms with E-state index in [0.717, 1.165) is 20.8 Å². The van der Waals surface area contributed by atoms with Gasteiger partial charge < -0.3 is 45.0 Å². The van der Waals surface area contributed by atoms with Gasteiger partial charge in [-0.05, 0) is 20.8 Å². The first-order valence-electron chi connectivity index (χ1n) is 5.66. The van der Waals surface area contributed by atoms with Crippen LogP contribution in [0.2, 0.25) is 4.73 Å². The Morgan fingerprint density at radius 3 is 0.857 bits per heavy atom. The first-order valence-corrected chi connectivity index (χ1v) is 6.76. The molecule has 3 atom stereocenters. The van der Waals surface area contributed by atoms with Crippen molar-refractivity contribution in [3.63, 3.8) is 0 Å². The molecule has 0 aromatic heterocycles. The molecular weight excluding hydrogens is 324 g/mol. The third-order valence-corrected chi connectivity index (χ3v) is 1.02. The number of hydrogen-bond acceptors (Lipinski definition) is 9. The standard InChI is InChI=1S/3C3H6O3.C2H5.Ti/c3*1-2(4)3(5)6;1-2;/h3*2,4H,1H3,(H,5,6);1H2,2H3;/q;;;;+3/p-3. The Balaban J connectivity index is -0.0000000944. The van der Waals surface area contributed by atoms with E-state index in [2.05, 4.69) is 27.4 Å². The van der Waals surface area contributed by atoms with Crippen molar-refractivity contribution < 1.29 is 65.5 Å². The van der Waals surface area contributed by atoms with Crippen molar-refractivity contribution in [2.45, 2.75) is 50.7 Å². The van der Waals surface area contributed by atoms with Crippen LogP contribution in [-0.2, 0) is 34.8 Å². The van der Waals surface area contributed by atoms with Crippen molar-refractivity contribution in [3.8, 4) is 0 Å². The second-order valence-electron chi connectivity index (χ2n) is 3.34. The Morgan fingerprint density at radius 1 is 0.810 bits per heavy atom. The first-order chi connectivity index (χ1) is 9.34. The third kappa shape index (κ3) is 45.4. The monoisotopic (exact) mass is 344 g/mol. The number of aliphatic hydroxyl groups excluding tert-OH is 3. The fraction of sp³-hybridized carbons (Fsp3) is 0.727. The number of aliphatic hydroxyl groups is 3. The van der Waals surface area contributed by atoms with E-state index in [1.807, 2.05) is 0 Å². The summed E-state index contributed by atoms with van der Waals surface area (Å²) in [6.45, 7) is 5.53. The molecule has 0 aliphatic rings. The summed E-state index contributed by atoms with van der Waals surface area (Å²) in [4.78, 5) is 28.0. The van der Waals surface area contributed by atoms with Gasteiger partial charge in [0.1, 0.15) is 0 Å². The molecule has 3 N–H and O–H groups in total. The zero-order valence-corrected chi connectivity index (χ0v) is 13.8. The maximum absolute atomic E-state index is 9.34. The van der Waals surface area contributed by atoms with Gasteiger partial charge in [-0.3, -0.25) is 0 Å². The number of aliphatic carboxylic acids is 3. The molecule has 0 rings (SSSR count). The van der Waals surface area contributed by atoms with Crippen molar-refractivity contribution >= 4 is 17.9 Å². The van der Waals surface area contributed by atoms with Crippen LogP contribution in [0.1, 0.15) is 27.7 Å². The van der Waals surface area contributed by atoms with E-state index in [1.54, 1.807) is 0 Å². The van der Waals surface area contributed by atoms with Crippen molar-refractivity contribution in [1.29, 1.82) is 0 Å². The molecule has 0 saturated carbocycles. The molecule has 0 radical (unpaired) electrons. The van der Waals surface area contributed by atoms with Gasteiger partial charge in [0.05, 0.1) is 36.2 Å². The molecule has 3 unspecified atom stereocenters. The fourth-order valence-electron chi connectivity index (χ4n) is 0. The van der Waals surface area contributed by atoms with E-state index in [0.29, 0.717) is 0 Å². The predicted molar refractivity (Wildman–Crippen MR) is 60.5 cm³/mol. The molecule has 0 fully saturated rings. The van der Waals surface area contributed by atoms with Gasteiger partial charge in [-0.15, -0.1) is 0 Å². The second kappa shape index (κ2) is 19.0. The van der Waals surface area contributed by atoms with E-state index in [9.17, 15) is 29.7 Å². The van der Waals surface area contributed by atoms with Crippen molar-refractivity contribution in [3.05, 3.63) is 0 Å². The Hall–Kier alpha value is -0.996. The Morgan fingerprint density at radius 2 is 0.857 bits per heavy atom. The molecular formula is C11H20O9Ti. The molecule has 0 saturated heterocycles. The van der Waals surface area contributed by atoms with Crippen LogP contribution in [0, 0.1) is 0 Å². The fourth-order valence-corrected chi connectivity index (χ4v) is 0. The van der Waals surface area contributed by atoms with Crippen molar-refractivity contribution in [1.82, 2.24) is 0 Å². The van der Waals surface area contributed by atoms with Crippen molar-refractivity contribution in [2.24, 2.45) is 0 Å². The average molecular weight is 344 g/mol. The number of carboxylic acids is 3. The molecule has 0 aromatic carbocycles. The summed E-state index contributed by atoms with van der Waals surface area (Å²) < 4.78 is 1.25. The zero-order valence-electron chi connectivity index (χ0n) is 12.2. The van der Waals surface area contributed by atoms with E-state index < -0.39 is 36.2 Å². The summed E-state index contributed by atoms with van der Waals surface area (Å²) in [7, 11) is 0. The number of carbonyl (C=O) groups excluding carboxylic acids is 3. The first kappa shape index (κ1) is 28.2. The quantitative estimate of drug-likeness (QED) is 0.424. The van der Waals surface area contributed by atoms with Gasteiger partial charge in [0.2, 0.25) is 0 Å². The number of carboxylic acid groups (broad SMARTS) is 3. The van der Waals surface area contributed by atoms with Crippen LogP contribution in [0.15, 0.2) is 0 Å². The van der Waals surface area contributed by atoms with Crippen LogP contribution in [-0.4, -0.2) is 51.5 Å². The number of rotatable bonds is 3. The van der Waals surface area contributed by atoms with Crippen LogP contribution >= 0.6 is 0 Å². The molecule has 0 heterocycles. The third-order valence-electron chi connectivity index (χ3n) is 1.02. The second-order valence-corrected chi connectivity index (χ2v) is 4.44. The summed E-state index contributed by atoms with van der Waals surface area (Å²) >= 11 is 2.12. The molecule has 9 nitrogen and oxygen atoms in total. The van der Waals surface area contributed by atoms with Gasteiger partial charge >= 0.3 is 32.1 Å². The Kier molecular flexibility index (Phi) is 25.5. The van der Waals surface area contributed by atoms with Crippen LogP contribution < -0.4 is 15.3 Å². The summed E-state index contributed by atoms with van der Waals surface area (Å²) in [6.07, 6.45) is -4.03. The minimum absolute atomic E-state index is 1.13. The van der Waals surface area contributed by atoms with E-state index in [-0.39, 0.29) is 0 Å². The van der Waals surface area contributed by atoms with Gasteiger partial charge in [-0.1, -0.05) is 0 Å². The SMILES string of the molecule is CC(O)C(=O)[O-].CC(O)C(=O)[O-].CC(O)C(=O)[O-].C[CH2][Ti+3]. The molecule has 0 spiro atoms. The summed E-state index contributed by atoms with van der Waals surface area (Å²) in [5, 5.41) is 51.9. The molecule has 0 amide bonds.